The highest BCUT2D eigenvalue weighted by Crippen LogP contribution is 2.37. The van der Waals surface area contributed by atoms with Crippen molar-refractivity contribution in [3.63, 3.8) is 0 Å². The van der Waals surface area contributed by atoms with Crippen LogP contribution >= 0.6 is 0 Å². The van der Waals surface area contributed by atoms with E-state index in [1.54, 1.807) is 7.05 Å². The summed E-state index contributed by atoms with van der Waals surface area (Å²) in [5, 5.41) is 4.36. The number of nitrogens with zero attached hydrogens (tertiary/aromatic N) is 4. The summed E-state index contributed by atoms with van der Waals surface area (Å²) >= 11 is 0. The summed E-state index contributed by atoms with van der Waals surface area (Å²) in [4.78, 5) is 14.9. The number of benzene rings is 1. The van der Waals surface area contributed by atoms with Gasteiger partial charge in [-0.3, -0.25) is 9.47 Å². The molecule has 4 unspecified atom stereocenters. The Bertz CT molecular complexity index is 1050. The molecule has 198 valence electrons. The van der Waals surface area contributed by atoms with Gasteiger partial charge in [0.25, 0.3) is 0 Å². The average Bonchev–Trinajstić information content (AvgIpc) is 3.26. The molecule has 3 aliphatic heterocycles. The van der Waals surface area contributed by atoms with Crippen molar-refractivity contribution in [2.75, 3.05) is 13.2 Å². The van der Waals surface area contributed by atoms with Gasteiger partial charge >= 0.3 is 5.69 Å². The van der Waals surface area contributed by atoms with E-state index in [4.69, 9.17) is 14.2 Å². The van der Waals surface area contributed by atoms with Crippen molar-refractivity contribution in [1.82, 2.24) is 19.2 Å². The van der Waals surface area contributed by atoms with E-state index in [9.17, 15) is 4.79 Å². The highest BCUT2D eigenvalue weighted by Gasteiger charge is 2.42. The zero-order chi connectivity index (χ0) is 25.1. The molecule has 9 heteroatoms. The second kappa shape index (κ2) is 11.5. The van der Waals surface area contributed by atoms with Gasteiger partial charge in [0.05, 0.1) is 19.3 Å². The summed E-state index contributed by atoms with van der Waals surface area (Å²) in [7, 11) is 1.65. The predicted octanol–water partition coefficient (Wildman–Crippen LogP) is 3.48. The fourth-order valence-electron chi connectivity index (χ4n) is 5.90. The van der Waals surface area contributed by atoms with E-state index >= 15 is 4.39 Å². The van der Waals surface area contributed by atoms with Gasteiger partial charge in [0.15, 0.2) is 12.1 Å². The lowest BCUT2D eigenvalue weighted by Gasteiger charge is -2.39. The number of hydrogen-bond acceptors (Lipinski definition) is 6. The number of fused-ring (bicyclic) bond motifs is 2. The van der Waals surface area contributed by atoms with Crippen LogP contribution in [0.1, 0.15) is 61.9 Å². The molecule has 1 aromatic heterocycles. The van der Waals surface area contributed by atoms with Gasteiger partial charge in [-0.25, -0.2) is 13.9 Å². The molecule has 0 aliphatic carbocycles. The minimum absolute atomic E-state index is 0.0459. The molecule has 3 fully saturated rings. The summed E-state index contributed by atoms with van der Waals surface area (Å²) in [6, 6.07) is 9.00. The van der Waals surface area contributed by atoms with Crippen LogP contribution in [0.3, 0.4) is 0 Å². The molecule has 0 spiro atoms. The maximum atomic E-state index is 15.2. The summed E-state index contributed by atoms with van der Waals surface area (Å²) in [5.41, 5.74) is 2.17. The van der Waals surface area contributed by atoms with E-state index in [1.165, 1.54) is 20.4 Å². The van der Waals surface area contributed by atoms with Crippen molar-refractivity contribution in [2.45, 2.75) is 102 Å². The lowest BCUT2D eigenvalue weighted by Crippen LogP contribution is -2.48. The molecule has 0 radical (unpaired) electrons. The smallest absolute Gasteiger partial charge is 0.345 e. The molecule has 1 aromatic carbocycles. The van der Waals surface area contributed by atoms with Crippen LogP contribution in [0.4, 0.5) is 4.39 Å². The topological polar surface area (TPSA) is 70.8 Å². The van der Waals surface area contributed by atoms with Gasteiger partial charge in [0, 0.05) is 32.3 Å². The zero-order valence-electron chi connectivity index (χ0n) is 21.5. The van der Waals surface area contributed by atoms with Crippen molar-refractivity contribution < 1.29 is 18.6 Å². The number of ether oxygens (including phenoxy) is 3. The van der Waals surface area contributed by atoms with E-state index < -0.39 is 6.17 Å². The zero-order valence-corrected chi connectivity index (χ0v) is 21.5. The summed E-state index contributed by atoms with van der Waals surface area (Å²) in [6.45, 7) is 3.89. The number of aromatic nitrogens is 3. The van der Waals surface area contributed by atoms with Gasteiger partial charge in [-0.1, -0.05) is 24.3 Å². The fraction of sp³-hybridized carbons (Fsp3) is 0.704. The van der Waals surface area contributed by atoms with Crippen molar-refractivity contribution in [1.29, 1.82) is 0 Å². The van der Waals surface area contributed by atoms with Gasteiger partial charge in [0.2, 0.25) is 0 Å². The van der Waals surface area contributed by atoms with Crippen LogP contribution in [0.2, 0.25) is 0 Å². The third-order valence-electron chi connectivity index (χ3n) is 8.02. The standard InChI is InChI=1S/C27H39FN4O4/c1-19-7-3-4-8-20(19)17-35-24-13-22-10-11-23(14-24)31(22)15-21(28)16-32-27(33)30(2)25(29-32)18-36-26-9-5-6-12-34-26/h3-4,7-8,21-24,26H,5-6,9-18H2,1-2H3. The van der Waals surface area contributed by atoms with Gasteiger partial charge in [-0.2, -0.15) is 5.10 Å². The molecule has 8 nitrogen and oxygen atoms in total. The number of rotatable bonds is 10. The second-order valence-corrected chi connectivity index (χ2v) is 10.6. The molecule has 5 rings (SSSR count). The maximum Gasteiger partial charge on any atom is 0.345 e. The SMILES string of the molecule is Cc1ccccc1COC1CC2CCC(C1)N2CC(F)Cn1nc(COC2CCCCO2)n(C)c1=O. The summed E-state index contributed by atoms with van der Waals surface area (Å²) < 4.78 is 35.5. The fourth-order valence-corrected chi connectivity index (χ4v) is 5.90. The van der Waals surface area contributed by atoms with Gasteiger partial charge in [0.1, 0.15) is 12.8 Å². The Kier molecular flexibility index (Phi) is 8.20. The number of piperidine rings is 1. The van der Waals surface area contributed by atoms with Gasteiger partial charge in [-0.15, -0.1) is 0 Å². The molecule has 36 heavy (non-hydrogen) atoms. The molecule has 0 saturated carbocycles. The number of halogens is 1. The van der Waals surface area contributed by atoms with Crippen LogP contribution in [0, 0.1) is 6.92 Å². The molecule has 0 N–H and O–H groups in total. The Morgan fingerprint density at radius 2 is 1.86 bits per heavy atom. The molecule has 3 saturated heterocycles. The largest absolute Gasteiger partial charge is 0.373 e. The predicted molar refractivity (Wildman–Crippen MR) is 133 cm³/mol. The lowest BCUT2D eigenvalue weighted by atomic mass is 9.99. The number of aryl methyl sites for hydroxylation is 1. The normalized spacial score (nSPS) is 27.4. The van der Waals surface area contributed by atoms with Crippen LogP contribution in [0.25, 0.3) is 0 Å². The molecule has 2 bridgehead atoms. The van der Waals surface area contributed by atoms with Crippen molar-refractivity contribution in [3.8, 4) is 0 Å². The first-order chi connectivity index (χ1) is 17.5. The van der Waals surface area contributed by atoms with Crippen molar-refractivity contribution >= 4 is 0 Å². The first-order valence-corrected chi connectivity index (χ1v) is 13.4. The van der Waals surface area contributed by atoms with Crippen LogP contribution in [-0.2, 0) is 41.0 Å². The number of alkyl halides is 1. The van der Waals surface area contributed by atoms with E-state index in [-0.39, 0.29) is 31.2 Å². The van der Waals surface area contributed by atoms with E-state index in [2.05, 4.69) is 29.1 Å². The van der Waals surface area contributed by atoms with Crippen molar-refractivity contribution in [2.24, 2.45) is 7.05 Å². The van der Waals surface area contributed by atoms with Crippen LogP contribution in [-0.4, -0.2) is 63.0 Å². The second-order valence-electron chi connectivity index (χ2n) is 10.6. The maximum absolute atomic E-state index is 15.2. The Morgan fingerprint density at radius 3 is 2.58 bits per heavy atom. The minimum atomic E-state index is -1.17. The lowest BCUT2D eigenvalue weighted by molar-refractivity contribution is -0.170. The molecular weight excluding hydrogens is 463 g/mol. The quantitative estimate of drug-likeness (QED) is 0.496. The third kappa shape index (κ3) is 5.90. The van der Waals surface area contributed by atoms with Gasteiger partial charge in [-0.05, 0) is 63.0 Å². The Hall–Kier alpha value is -2.07. The minimum Gasteiger partial charge on any atom is -0.373 e. The van der Waals surface area contributed by atoms with E-state index in [0.29, 0.717) is 37.7 Å². The van der Waals surface area contributed by atoms with Crippen molar-refractivity contribution in [3.05, 3.63) is 51.7 Å². The van der Waals surface area contributed by atoms with Crippen LogP contribution in [0.5, 0.6) is 0 Å². The van der Waals surface area contributed by atoms with Crippen LogP contribution < -0.4 is 5.69 Å². The van der Waals surface area contributed by atoms with Gasteiger partial charge < -0.3 is 14.2 Å². The summed E-state index contributed by atoms with van der Waals surface area (Å²) in [6.07, 6.45) is 5.78. The Labute approximate surface area is 212 Å². The average molecular weight is 503 g/mol. The third-order valence-corrected chi connectivity index (χ3v) is 8.02. The van der Waals surface area contributed by atoms with Crippen LogP contribution in [0.15, 0.2) is 29.1 Å². The van der Waals surface area contributed by atoms with E-state index in [0.717, 1.165) is 44.9 Å². The molecular formula is C27H39FN4O4. The molecule has 2 aromatic rings. The highest BCUT2D eigenvalue weighted by molar-refractivity contribution is 5.24. The monoisotopic (exact) mass is 502 g/mol. The first-order valence-electron chi connectivity index (χ1n) is 13.4. The highest BCUT2D eigenvalue weighted by atomic mass is 19.1. The molecule has 3 aliphatic rings. The Balaban J connectivity index is 1.12. The number of hydrogen-bond donors (Lipinski definition) is 0. The summed E-state index contributed by atoms with van der Waals surface area (Å²) in [5.74, 6) is 0.494. The molecule has 4 atom stereocenters. The Morgan fingerprint density at radius 1 is 1.08 bits per heavy atom. The van der Waals surface area contributed by atoms with E-state index in [1.807, 2.05) is 12.1 Å². The first kappa shape index (κ1) is 25.6. The molecule has 4 heterocycles. The molecule has 0 amide bonds.